The predicted molar refractivity (Wildman–Crippen MR) is 36.6 cm³/mol. The van der Waals surface area contributed by atoms with E-state index >= 15 is 0 Å². The van der Waals surface area contributed by atoms with Crippen molar-refractivity contribution in [3.8, 4) is 0 Å². The number of carbonyl (C=O) groups excluding carboxylic acids is 2. The summed E-state index contributed by atoms with van der Waals surface area (Å²) in [5.74, 6) is -1.69. The zero-order valence-corrected chi connectivity index (χ0v) is 6.36. The maximum Gasteiger partial charge on any atom is 0.356 e. The molecule has 0 amide bonds. The molecule has 10 heavy (non-hydrogen) atoms. The summed E-state index contributed by atoms with van der Waals surface area (Å²) in [6.45, 7) is 0. The topological polar surface area (TPSA) is 52.6 Å². The molecule has 0 radical (unpaired) electrons. The van der Waals surface area contributed by atoms with Gasteiger partial charge in [0.2, 0.25) is 4.86 Å². The summed E-state index contributed by atoms with van der Waals surface area (Å²) in [4.78, 5) is 20.4. The van der Waals surface area contributed by atoms with Crippen molar-refractivity contribution in [2.75, 3.05) is 14.2 Å². The Balaban J connectivity index is 4.09. The summed E-state index contributed by atoms with van der Waals surface area (Å²) < 4.78 is 8.31. The van der Waals surface area contributed by atoms with E-state index in [2.05, 4.69) is 21.7 Å². The summed E-state index contributed by atoms with van der Waals surface area (Å²) in [7, 11) is 2.27. The zero-order chi connectivity index (χ0) is 8.15. The van der Waals surface area contributed by atoms with Gasteiger partial charge >= 0.3 is 11.9 Å². The van der Waals surface area contributed by atoms with Crippen molar-refractivity contribution in [1.29, 1.82) is 0 Å². The normalized spacial score (nSPS) is 8.20. The number of ether oxygens (including phenoxy) is 2. The summed E-state index contributed by atoms with van der Waals surface area (Å²) in [5.41, 5.74) is 0. The van der Waals surface area contributed by atoms with E-state index in [0.717, 1.165) is 14.2 Å². The van der Waals surface area contributed by atoms with E-state index < -0.39 is 16.8 Å². The van der Waals surface area contributed by atoms with Gasteiger partial charge in [0.05, 0.1) is 14.2 Å². The Morgan fingerprint density at radius 1 is 1.10 bits per heavy atom. The van der Waals surface area contributed by atoms with Crippen LogP contribution in [-0.4, -0.2) is 31.0 Å². The van der Waals surface area contributed by atoms with Gasteiger partial charge in [-0.05, 0) is 0 Å². The summed E-state index contributed by atoms with van der Waals surface area (Å²) in [6, 6.07) is 0. The molecule has 0 aromatic heterocycles. The second kappa shape index (κ2) is 3.94. The Morgan fingerprint density at radius 3 is 1.60 bits per heavy atom. The van der Waals surface area contributed by atoms with Gasteiger partial charge in [0.1, 0.15) is 0 Å². The molecule has 0 unspecified atom stereocenters. The third kappa shape index (κ3) is 2.10. The first-order valence-electron chi connectivity index (χ1n) is 2.34. The first-order chi connectivity index (χ1) is 4.63. The second-order valence-corrected chi connectivity index (χ2v) is 1.72. The highest BCUT2D eigenvalue weighted by molar-refractivity contribution is 7.83. The molecule has 0 saturated carbocycles. The fraction of sp³-hybridized carbons (Fsp3) is 0.400. The Hall–Kier alpha value is -0.970. The smallest absolute Gasteiger partial charge is 0.356 e. The quantitative estimate of drug-likeness (QED) is 0.317. The fourth-order valence-corrected chi connectivity index (χ4v) is 0.435. The first-order valence-corrected chi connectivity index (χ1v) is 2.75. The SMILES string of the molecule is COC(=O)C(=S)C(=O)OC. The molecule has 0 aliphatic carbocycles. The highest BCUT2D eigenvalue weighted by Crippen LogP contribution is 1.85. The van der Waals surface area contributed by atoms with Crippen LogP contribution in [0.4, 0.5) is 0 Å². The van der Waals surface area contributed by atoms with Crippen LogP contribution in [0.15, 0.2) is 0 Å². The Morgan fingerprint density at radius 2 is 1.40 bits per heavy atom. The van der Waals surface area contributed by atoms with E-state index in [1.54, 1.807) is 0 Å². The van der Waals surface area contributed by atoms with Crippen LogP contribution in [0.25, 0.3) is 0 Å². The number of rotatable bonds is 2. The molecule has 0 aliphatic heterocycles. The lowest BCUT2D eigenvalue weighted by molar-refractivity contribution is -0.137. The van der Waals surface area contributed by atoms with Crippen LogP contribution < -0.4 is 0 Å². The minimum absolute atomic E-state index is 0.468. The third-order valence-corrected chi connectivity index (χ3v) is 1.07. The van der Waals surface area contributed by atoms with Gasteiger partial charge < -0.3 is 9.47 Å². The number of hydrogen-bond donors (Lipinski definition) is 0. The largest absolute Gasteiger partial charge is 0.465 e. The van der Waals surface area contributed by atoms with E-state index in [-0.39, 0.29) is 0 Å². The molecule has 0 bridgehead atoms. The molecule has 56 valence electrons. The number of carbonyl (C=O) groups is 2. The summed E-state index contributed by atoms with van der Waals surface area (Å²) in [5, 5.41) is 0. The lowest BCUT2D eigenvalue weighted by Crippen LogP contribution is -2.23. The van der Waals surface area contributed by atoms with E-state index in [4.69, 9.17) is 0 Å². The Kier molecular flexibility index (Phi) is 3.56. The van der Waals surface area contributed by atoms with Crippen molar-refractivity contribution in [3.63, 3.8) is 0 Å². The molecule has 0 N–H and O–H groups in total. The van der Waals surface area contributed by atoms with Gasteiger partial charge in [-0.25, -0.2) is 9.59 Å². The van der Waals surface area contributed by atoms with Crippen molar-refractivity contribution < 1.29 is 19.1 Å². The number of methoxy groups -OCH3 is 2. The van der Waals surface area contributed by atoms with Crippen LogP contribution in [0.5, 0.6) is 0 Å². The first kappa shape index (κ1) is 9.03. The minimum atomic E-state index is -0.846. The molecule has 0 fully saturated rings. The van der Waals surface area contributed by atoms with Crippen molar-refractivity contribution in [2.24, 2.45) is 0 Å². The zero-order valence-electron chi connectivity index (χ0n) is 5.54. The molecule has 0 rings (SSSR count). The van der Waals surface area contributed by atoms with E-state index in [1.807, 2.05) is 0 Å². The Bertz CT molecular complexity index is 156. The monoisotopic (exact) mass is 162 g/mol. The molecule has 5 heteroatoms. The second-order valence-electron chi connectivity index (χ2n) is 1.31. The van der Waals surface area contributed by atoms with Crippen LogP contribution in [0.3, 0.4) is 0 Å². The van der Waals surface area contributed by atoms with Crippen molar-refractivity contribution in [3.05, 3.63) is 0 Å². The van der Waals surface area contributed by atoms with Crippen LogP contribution in [0.2, 0.25) is 0 Å². The lowest BCUT2D eigenvalue weighted by atomic mass is 10.4. The van der Waals surface area contributed by atoms with Crippen LogP contribution >= 0.6 is 12.2 Å². The van der Waals surface area contributed by atoms with Crippen LogP contribution in [0, 0.1) is 0 Å². The molecule has 0 atom stereocenters. The van der Waals surface area contributed by atoms with E-state index in [0.29, 0.717) is 0 Å². The van der Waals surface area contributed by atoms with Crippen LogP contribution in [-0.2, 0) is 19.1 Å². The molecule has 4 nitrogen and oxygen atoms in total. The molecule has 0 aliphatic rings. The van der Waals surface area contributed by atoms with Gasteiger partial charge in [-0.3, -0.25) is 0 Å². The van der Waals surface area contributed by atoms with E-state index in [1.165, 1.54) is 0 Å². The van der Waals surface area contributed by atoms with Gasteiger partial charge in [0.15, 0.2) is 0 Å². The summed E-state index contributed by atoms with van der Waals surface area (Å²) >= 11 is 4.35. The highest BCUT2D eigenvalue weighted by Gasteiger charge is 2.18. The average molecular weight is 162 g/mol. The molecule has 0 aromatic rings. The maximum absolute atomic E-state index is 10.4. The Labute approximate surface area is 63.1 Å². The molecular formula is C5H6O4S. The van der Waals surface area contributed by atoms with Crippen molar-refractivity contribution in [1.82, 2.24) is 0 Å². The van der Waals surface area contributed by atoms with Gasteiger partial charge in [0.25, 0.3) is 0 Å². The maximum atomic E-state index is 10.4. The standard InChI is InChI=1S/C5H6O4S/c1-8-4(6)3(10)5(7)9-2/h1-2H3. The van der Waals surface area contributed by atoms with Gasteiger partial charge in [-0.2, -0.15) is 0 Å². The molecule has 0 heterocycles. The number of hydrogen-bond acceptors (Lipinski definition) is 5. The third-order valence-electron chi connectivity index (χ3n) is 0.742. The average Bonchev–Trinajstić information content (AvgIpc) is 2.00. The lowest BCUT2D eigenvalue weighted by Gasteiger charge is -1.97. The fourth-order valence-electron chi connectivity index (χ4n) is 0.269. The van der Waals surface area contributed by atoms with E-state index in [9.17, 15) is 9.59 Å². The number of thiocarbonyl (C=S) groups is 1. The summed E-state index contributed by atoms with van der Waals surface area (Å²) in [6.07, 6.45) is 0. The van der Waals surface area contributed by atoms with Crippen molar-refractivity contribution in [2.45, 2.75) is 0 Å². The highest BCUT2D eigenvalue weighted by atomic mass is 32.1. The van der Waals surface area contributed by atoms with Gasteiger partial charge in [-0.15, -0.1) is 0 Å². The molecule has 0 saturated heterocycles. The van der Waals surface area contributed by atoms with Crippen LogP contribution in [0.1, 0.15) is 0 Å². The van der Waals surface area contributed by atoms with Gasteiger partial charge in [0, 0.05) is 0 Å². The molecule has 0 spiro atoms. The number of esters is 2. The molecular weight excluding hydrogens is 156 g/mol. The van der Waals surface area contributed by atoms with Crippen molar-refractivity contribution >= 4 is 29.0 Å². The molecule has 0 aromatic carbocycles. The minimum Gasteiger partial charge on any atom is -0.465 e. The van der Waals surface area contributed by atoms with Gasteiger partial charge in [-0.1, -0.05) is 12.2 Å². The predicted octanol–water partition coefficient (Wildman–Crippen LogP) is -0.298.